The molecule has 2 N–H and O–H groups in total. The first kappa shape index (κ1) is 22.1. The van der Waals surface area contributed by atoms with Gasteiger partial charge in [-0.25, -0.2) is 4.98 Å². The molecule has 1 aliphatic heterocycles. The van der Waals surface area contributed by atoms with Crippen molar-refractivity contribution in [1.82, 2.24) is 14.5 Å². The minimum Gasteiger partial charge on any atom is -0.369 e. The van der Waals surface area contributed by atoms with Gasteiger partial charge in [0, 0.05) is 30.3 Å². The summed E-state index contributed by atoms with van der Waals surface area (Å²) in [6.45, 7) is 5.12. The molecule has 3 aromatic rings. The number of para-hydroxylation sites is 1. The number of primary amides is 1. The van der Waals surface area contributed by atoms with E-state index in [9.17, 15) is 9.59 Å². The molecule has 7 heteroatoms. The van der Waals surface area contributed by atoms with Crippen LogP contribution in [0.5, 0.6) is 0 Å². The summed E-state index contributed by atoms with van der Waals surface area (Å²) >= 11 is 1.46. The van der Waals surface area contributed by atoms with Gasteiger partial charge in [-0.1, -0.05) is 59.8 Å². The smallest absolute Gasteiger partial charge is 0.235 e. The van der Waals surface area contributed by atoms with Crippen molar-refractivity contribution >= 4 is 23.6 Å². The number of nitrogens with zero attached hydrogens (tertiary/aromatic N) is 3. The number of nitrogens with two attached hydrogens (primary N) is 1. The molecule has 1 fully saturated rings. The summed E-state index contributed by atoms with van der Waals surface area (Å²) in [5, 5.41) is 0.482. The zero-order valence-electron chi connectivity index (χ0n) is 18.4. The van der Waals surface area contributed by atoms with Crippen molar-refractivity contribution in [3.63, 3.8) is 0 Å². The Labute approximate surface area is 192 Å². The molecule has 0 aliphatic carbocycles. The molecule has 32 heavy (non-hydrogen) atoms. The lowest BCUT2D eigenvalue weighted by molar-refractivity contribution is -0.134. The molecule has 1 atom stereocenters. The van der Waals surface area contributed by atoms with E-state index in [0.717, 1.165) is 22.1 Å². The van der Waals surface area contributed by atoms with Gasteiger partial charge in [-0.15, -0.1) is 0 Å². The maximum Gasteiger partial charge on any atom is 0.235 e. The molecule has 6 nitrogen and oxygen atoms in total. The fraction of sp³-hybridized carbons (Fsp3) is 0.320. The topological polar surface area (TPSA) is 81.2 Å². The van der Waals surface area contributed by atoms with Gasteiger partial charge in [-0.2, -0.15) is 0 Å². The number of aromatic nitrogens is 2. The number of amides is 2. The van der Waals surface area contributed by atoms with Crippen LogP contribution in [0, 0.1) is 12.8 Å². The van der Waals surface area contributed by atoms with Crippen molar-refractivity contribution in [3.8, 4) is 16.9 Å². The van der Waals surface area contributed by atoms with E-state index < -0.39 is 0 Å². The molecule has 1 aromatic heterocycles. The molecule has 1 saturated heterocycles. The molecular formula is C25H28N4O2S. The Kier molecular flexibility index (Phi) is 6.65. The molecule has 2 aromatic carbocycles. The number of hydrogen-bond donors (Lipinski definition) is 1. The maximum atomic E-state index is 13.1. The summed E-state index contributed by atoms with van der Waals surface area (Å²) in [5.41, 5.74) is 9.69. The molecule has 0 radical (unpaired) electrons. The predicted molar refractivity (Wildman–Crippen MR) is 128 cm³/mol. The third kappa shape index (κ3) is 4.72. The van der Waals surface area contributed by atoms with E-state index in [-0.39, 0.29) is 23.0 Å². The number of rotatable bonds is 6. The van der Waals surface area contributed by atoms with Crippen molar-refractivity contribution in [2.75, 3.05) is 13.1 Å². The van der Waals surface area contributed by atoms with Gasteiger partial charge in [0.05, 0.1) is 17.1 Å². The lowest BCUT2D eigenvalue weighted by atomic mass is 9.96. The van der Waals surface area contributed by atoms with Crippen LogP contribution in [0.3, 0.4) is 0 Å². The number of benzene rings is 2. The molecule has 0 saturated carbocycles. The highest BCUT2D eigenvalue weighted by atomic mass is 32.2. The molecular weight excluding hydrogens is 420 g/mol. The van der Waals surface area contributed by atoms with Crippen molar-refractivity contribution in [3.05, 3.63) is 66.4 Å². The van der Waals surface area contributed by atoms with E-state index in [1.165, 1.54) is 17.3 Å². The Morgan fingerprint density at radius 1 is 1.06 bits per heavy atom. The first-order valence-corrected chi connectivity index (χ1v) is 11.8. The molecule has 0 bridgehead atoms. The Bertz CT molecular complexity index is 1090. The zero-order chi connectivity index (χ0) is 22.7. The van der Waals surface area contributed by atoms with Crippen molar-refractivity contribution < 1.29 is 9.59 Å². The first-order valence-electron chi connectivity index (χ1n) is 10.9. The number of hydrogen-bond acceptors (Lipinski definition) is 4. The zero-order valence-corrected chi connectivity index (χ0v) is 19.2. The molecule has 2 heterocycles. The molecule has 0 spiro atoms. The second-order valence-electron chi connectivity index (χ2n) is 8.23. The summed E-state index contributed by atoms with van der Waals surface area (Å²) in [7, 11) is 0. The summed E-state index contributed by atoms with van der Waals surface area (Å²) < 4.78 is 2.11. The minimum absolute atomic E-state index is 0.0671. The standard InChI is InChI=1S/C25H28N4O2S/c1-17-8-10-19(11-9-17)22-16-27-25(29(22)21-6-4-3-5-7-21)32-18(2)24(31)28-14-12-20(13-15-28)23(26)30/h3-11,16,18,20H,12-15H2,1-2H3,(H2,26,30). The van der Waals surface area contributed by atoms with Crippen LogP contribution in [0.1, 0.15) is 25.3 Å². The van der Waals surface area contributed by atoms with E-state index in [1.54, 1.807) is 0 Å². The van der Waals surface area contributed by atoms with Crippen molar-refractivity contribution in [1.29, 1.82) is 0 Å². The van der Waals surface area contributed by atoms with Crippen LogP contribution in [-0.2, 0) is 9.59 Å². The molecule has 2 amide bonds. The summed E-state index contributed by atoms with van der Waals surface area (Å²) in [6, 6.07) is 18.4. The maximum absolute atomic E-state index is 13.1. The van der Waals surface area contributed by atoms with Gasteiger partial charge in [-0.3, -0.25) is 14.2 Å². The Morgan fingerprint density at radius 3 is 2.34 bits per heavy atom. The monoisotopic (exact) mass is 448 g/mol. The minimum atomic E-state index is -0.296. The van der Waals surface area contributed by atoms with E-state index in [2.05, 4.69) is 40.7 Å². The number of carbonyl (C=O) groups excluding carboxylic acids is 2. The summed E-state index contributed by atoms with van der Waals surface area (Å²) in [4.78, 5) is 31.0. The lowest BCUT2D eigenvalue weighted by Crippen LogP contribution is -2.44. The van der Waals surface area contributed by atoms with Gasteiger partial charge < -0.3 is 10.6 Å². The third-order valence-electron chi connectivity index (χ3n) is 5.93. The third-order valence-corrected chi connectivity index (χ3v) is 6.98. The van der Waals surface area contributed by atoms with E-state index in [4.69, 9.17) is 5.73 Å². The molecule has 1 aliphatic rings. The number of likely N-dealkylation sites (tertiary alicyclic amines) is 1. The fourth-order valence-electron chi connectivity index (χ4n) is 4.02. The van der Waals surface area contributed by atoms with Crippen LogP contribution >= 0.6 is 11.8 Å². The average Bonchev–Trinajstić information content (AvgIpc) is 3.23. The molecule has 4 rings (SSSR count). The van der Waals surface area contributed by atoms with E-state index >= 15 is 0 Å². The van der Waals surface area contributed by atoms with Gasteiger partial charge >= 0.3 is 0 Å². The van der Waals surface area contributed by atoms with Gasteiger partial charge in [0.25, 0.3) is 0 Å². The second kappa shape index (κ2) is 9.61. The highest BCUT2D eigenvalue weighted by Crippen LogP contribution is 2.33. The molecule has 166 valence electrons. The van der Waals surface area contributed by atoms with Gasteiger partial charge in [0.15, 0.2) is 5.16 Å². The van der Waals surface area contributed by atoms with E-state index in [1.807, 2.05) is 48.4 Å². The highest BCUT2D eigenvalue weighted by Gasteiger charge is 2.29. The number of piperidine rings is 1. The number of carbonyl (C=O) groups is 2. The van der Waals surface area contributed by atoms with Crippen LogP contribution in [0.2, 0.25) is 0 Å². The highest BCUT2D eigenvalue weighted by molar-refractivity contribution is 8.00. The van der Waals surface area contributed by atoms with Gasteiger partial charge in [0.2, 0.25) is 11.8 Å². The van der Waals surface area contributed by atoms with Gasteiger partial charge in [-0.05, 0) is 38.8 Å². The van der Waals surface area contributed by atoms with Crippen LogP contribution in [0.25, 0.3) is 16.9 Å². The second-order valence-corrected chi connectivity index (χ2v) is 9.53. The van der Waals surface area contributed by atoms with Crippen molar-refractivity contribution in [2.24, 2.45) is 11.7 Å². The molecule has 1 unspecified atom stereocenters. The quantitative estimate of drug-likeness (QED) is 0.577. The number of imidazole rings is 1. The normalized spacial score (nSPS) is 15.5. The Balaban J connectivity index is 1.58. The number of aryl methyl sites for hydroxylation is 1. The largest absolute Gasteiger partial charge is 0.369 e. The lowest BCUT2D eigenvalue weighted by Gasteiger charge is -2.32. The Hall–Kier alpha value is -3.06. The van der Waals surface area contributed by atoms with E-state index in [0.29, 0.717) is 25.9 Å². The summed E-state index contributed by atoms with van der Waals surface area (Å²) in [6.07, 6.45) is 3.14. The first-order chi connectivity index (χ1) is 15.4. The van der Waals surface area contributed by atoms with Crippen LogP contribution in [0.15, 0.2) is 66.0 Å². The number of thioether (sulfide) groups is 1. The summed E-state index contributed by atoms with van der Waals surface area (Å²) in [5.74, 6) is -0.332. The van der Waals surface area contributed by atoms with Crippen molar-refractivity contribution in [2.45, 2.75) is 37.1 Å². The fourth-order valence-corrected chi connectivity index (χ4v) is 5.01. The Morgan fingerprint density at radius 2 is 1.72 bits per heavy atom. The van der Waals surface area contributed by atoms with Crippen LogP contribution < -0.4 is 5.73 Å². The SMILES string of the molecule is Cc1ccc(-c2cnc(SC(C)C(=O)N3CCC(C(N)=O)CC3)n2-c2ccccc2)cc1. The van der Waals surface area contributed by atoms with Crippen LogP contribution in [0.4, 0.5) is 0 Å². The van der Waals surface area contributed by atoms with Gasteiger partial charge in [0.1, 0.15) is 0 Å². The average molecular weight is 449 g/mol. The predicted octanol–water partition coefficient (Wildman–Crippen LogP) is 4.05. The van der Waals surface area contributed by atoms with Crippen LogP contribution in [-0.4, -0.2) is 44.6 Å².